The van der Waals surface area contributed by atoms with Crippen molar-refractivity contribution in [3.8, 4) is 0 Å². The van der Waals surface area contributed by atoms with Gasteiger partial charge in [0.15, 0.2) is 5.78 Å². The first-order valence-electron chi connectivity index (χ1n) is 9.93. The predicted octanol–water partition coefficient (Wildman–Crippen LogP) is 3.84. The zero-order valence-electron chi connectivity index (χ0n) is 16.4. The number of nitrogens with zero attached hydrogens (tertiary/aromatic N) is 3. The summed E-state index contributed by atoms with van der Waals surface area (Å²) in [6.07, 6.45) is 2.44. The minimum Gasteiger partial charge on any atom is -0.345 e. The van der Waals surface area contributed by atoms with Crippen molar-refractivity contribution in [1.82, 2.24) is 14.4 Å². The van der Waals surface area contributed by atoms with Gasteiger partial charge in [-0.05, 0) is 51.0 Å². The molecular formula is C22H26BrN3O2. The Kier molecular flexibility index (Phi) is 5.43. The largest absolute Gasteiger partial charge is 0.345 e. The molecule has 6 heteroatoms. The third kappa shape index (κ3) is 3.94. The molecule has 0 N–H and O–H groups in total. The number of aryl methyl sites for hydroxylation is 1. The third-order valence-corrected chi connectivity index (χ3v) is 6.29. The summed E-state index contributed by atoms with van der Waals surface area (Å²) in [5, 5.41) is 0. The maximum Gasteiger partial charge on any atom is 0.253 e. The lowest BCUT2D eigenvalue weighted by atomic mass is 10.1. The van der Waals surface area contributed by atoms with E-state index in [0.29, 0.717) is 31.2 Å². The molecule has 2 fully saturated rings. The van der Waals surface area contributed by atoms with Crippen LogP contribution in [0.1, 0.15) is 51.0 Å². The van der Waals surface area contributed by atoms with Crippen molar-refractivity contribution < 1.29 is 9.59 Å². The maximum absolute atomic E-state index is 12.9. The molecule has 2 aromatic rings. The van der Waals surface area contributed by atoms with E-state index in [2.05, 4.69) is 39.2 Å². The number of carbonyl (C=O) groups is 2. The maximum atomic E-state index is 12.9. The molecule has 1 aromatic heterocycles. The van der Waals surface area contributed by atoms with Gasteiger partial charge in [0.05, 0.1) is 6.54 Å². The van der Waals surface area contributed by atoms with Gasteiger partial charge in [0.2, 0.25) is 0 Å². The van der Waals surface area contributed by atoms with Gasteiger partial charge in [0, 0.05) is 59.2 Å². The Balaban J connectivity index is 1.35. The summed E-state index contributed by atoms with van der Waals surface area (Å²) in [5.74, 6) is 0.243. The third-order valence-electron chi connectivity index (χ3n) is 5.80. The first kappa shape index (κ1) is 19.4. The van der Waals surface area contributed by atoms with Gasteiger partial charge in [-0.2, -0.15) is 0 Å². The summed E-state index contributed by atoms with van der Waals surface area (Å²) in [4.78, 5) is 29.6. The number of benzene rings is 1. The minimum atomic E-state index is 0.0558. The average molecular weight is 444 g/mol. The molecule has 0 bridgehead atoms. The van der Waals surface area contributed by atoms with E-state index in [1.54, 1.807) is 0 Å². The summed E-state index contributed by atoms with van der Waals surface area (Å²) in [6, 6.07) is 10.1. The van der Waals surface area contributed by atoms with Crippen LogP contribution in [0, 0.1) is 13.8 Å². The number of ketones is 1. The molecule has 1 saturated heterocycles. The van der Waals surface area contributed by atoms with E-state index >= 15 is 0 Å². The van der Waals surface area contributed by atoms with Crippen LogP contribution in [0.2, 0.25) is 0 Å². The van der Waals surface area contributed by atoms with Crippen LogP contribution in [0.5, 0.6) is 0 Å². The van der Waals surface area contributed by atoms with E-state index in [1.165, 1.54) is 18.5 Å². The second kappa shape index (κ2) is 7.84. The van der Waals surface area contributed by atoms with E-state index in [-0.39, 0.29) is 11.7 Å². The highest BCUT2D eigenvalue weighted by Crippen LogP contribution is 2.38. The summed E-state index contributed by atoms with van der Waals surface area (Å²) in [6.45, 7) is 7.34. The number of aromatic nitrogens is 1. The molecule has 2 heterocycles. The topological polar surface area (TPSA) is 45.6 Å². The Labute approximate surface area is 174 Å². The van der Waals surface area contributed by atoms with Crippen LogP contribution in [0.25, 0.3) is 0 Å². The second-order valence-electron chi connectivity index (χ2n) is 7.89. The normalized spacial score (nSPS) is 17.8. The van der Waals surface area contributed by atoms with Gasteiger partial charge in [-0.1, -0.05) is 22.0 Å². The Morgan fingerprint density at radius 1 is 1.07 bits per heavy atom. The van der Waals surface area contributed by atoms with E-state index in [0.717, 1.165) is 28.8 Å². The molecule has 28 heavy (non-hydrogen) atoms. The monoisotopic (exact) mass is 443 g/mol. The number of carbonyl (C=O) groups excluding carboxylic acids is 2. The number of hydrogen-bond donors (Lipinski definition) is 0. The van der Waals surface area contributed by atoms with Crippen LogP contribution >= 0.6 is 15.9 Å². The first-order chi connectivity index (χ1) is 13.4. The van der Waals surface area contributed by atoms with Crippen molar-refractivity contribution in [2.75, 3.05) is 32.7 Å². The van der Waals surface area contributed by atoms with Crippen molar-refractivity contribution in [3.05, 3.63) is 57.3 Å². The predicted molar refractivity (Wildman–Crippen MR) is 113 cm³/mol. The van der Waals surface area contributed by atoms with E-state index < -0.39 is 0 Å². The van der Waals surface area contributed by atoms with Crippen LogP contribution in [0.3, 0.4) is 0 Å². The van der Waals surface area contributed by atoms with E-state index in [1.807, 2.05) is 35.2 Å². The highest BCUT2D eigenvalue weighted by Gasteiger charge is 2.29. The molecule has 1 amide bonds. The molecule has 1 aliphatic carbocycles. The number of amides is 1. The molecule has 4 rings (SSSR count). The zero-order valence-corrected chi connectivity index (χ0v) is 18.0. The molecule has 1 aromatic carbocycles. The molecule has 0 radical (unpaired) electrons. The summed E-state index contributed by atoms with van der Waals surface area (Å²) >= 11 is 3.42. The fourth-order valence-corrected chi connectivity index (χ4v) is 4.55. The lowest BCUT2D eigenvalue weighted by Gasteiger charge is -2.34. The van der Waals surface area contributed by atoms with Gasteiger partial charge < -0.3 is 9.47 Å². The van der Waals surface area contributed by atoms with Crippen LogP contribution < -0.4 is 0 Å². The van der Waals surface area contributed by atoms with Crippen LogP contribution in [-0.2, 0) is 0 Å². The van der Waals surface area contributed by atoms with Crippen molar-refractivity contribution in [2.24, 2.45) is 0 Å². The molecule has 1 aliphatic heterocycles. The number of piperazine rings is 1. The molecule has 2 aliphatic rings. The lowest BCUT2D eigenvalue weighted by molar-refractivity contribution is 0.0624. The van der Waals surface area contributed by atoms with Gasteiger partial charge in [-0.3, -0.25) is 14.5 Å². The zero-order chi connectivity index (χ0) is 19.8. The highest BCUT2D eigenvalue weighted by molar-refractivity contribution is 9.10. The molecule has 0 spiro atoms. The van der Waals surface area contributed by atoms with Gasteiger partial charge in [-0.15, -0.1) is 0 Å². The molecule has 0 unspecified atom stereocenters. The van der Waals surface area contributed by atoms with Gasteiger partial charge in [-0.25, -0.2) is 0 Å². The van der Waals surface area contributed by atoms with Crippen molar-refractivity contribution in [1.29, 1.82) is 0 Å². The Morgan fingerprint density at radius 2 is 1.79 bits per heavy atom. The minimum absolute atomic E-state index is 0.0558. The molecule has 1 saturated carbocycles. The first-order valence-corrected chi connectivity index (χ1v) is 10.7. The van der Waals surface area contributed by atoms with Gasteiger partial charge in [0.1, 0.15) is 0 Å². The van der Waals surface area contributed by atoms with Crippen LogP contribution in [-0.4, -0.2) is 58.8 Å². The Hall–Kier alpha value is -1.92. The fraction of sp³-hybridized carbons (Fsp3) is 0.455. The summed E-state index contributed by atoms with van der Waals surface area (Å²) in [7, 11) is 0. The van der Waals surface area contributed by atoms with Crippen molar-refractivity contribution >= 4 is 27.6 Å². The summed E-state index contributed by atoms with van der Waals surface area (Å²) < 4.78 is 3.23. The smallest absolute Gasteiger partial charge is 0.253 e. The fourth-order valence-electron chi connectivity index (χ4n) is 4.16. The molecular weight excluding hydrogens is 418 g/mol. The van der Waals surface area contributed by atoms with E-state index in [9.17, 15) is 9.59 Å². The van der Waals surface area contributed by atoms with Gasteiger partial charge in [0.25, 0.3) is 5.91 Å². The summed E-state index contributed by atoms with van der Waals surface area (Å²) in [5.41, 5.74) is 3.85. The van der Waals surface area contributed by atoms with Crippen molar-refractivity contribution in [2.45, 2.75) is 32.7 Å². The number of hydrogen-bond acceptors (Lipinski definition) is 3. The number of rotatable bonds is 5. The standard InChI is InChI=1S/C22H26BrN3O2/c1-15-12-20(16(2)26(15)19-6-7-19)21(27)14-24-8-10-25(11-9-24)22(28)17-4-3-5-18(23)13-17/h3-5,12-13,19H,6-11,14H2,1-2H3. The highest BCUT2D eigenvalue weighted by atomic mass is 79.9. The van der Waals surface area contributed by atoms with E-state index in [4.69, 9.17) is 0 Å². The number of Topliss-reactive ketones (excluding diaryl/α,β-unsaturated/α-hetero) is 1. The average Bonchev–Trinajstić information content (AvgIpc) is 3.46. The van der Waals surface area contributed by atoms with Crippen LogP contribution in [0.4, 0.5) is 0 Å². The molecule has 148 valence electrons. The molecule has 5 nitrogen and oxygen atoms in total. The number of halogens is 1. The van der Waals surface area contributed by atoms with Crippen molar-refractivity contribution in [3.63, 3.8) is 0 Å². The Bertz CT molecular complexity index is 909. The SMILES string of the molecule is Cc1cc(C(=O)CN2CCN(C(=O)c3cccc(Br)c3)CC2)c(C)n1C1CC1. The van der Waals surface area contributed by atoms with Crippen LogP contribution in [0.15, 0.2) is 34.8 Å². The Morgan fingerprint density at radius 3 is 2.43 bits per heavy atom. The quantitative estimate of drug-likeness (QED) is 0.659. The molecule has 0 atom stereocenters. The lowest BCUT2D eigenvalue weighted by Crippen LogP contribution is -2.49. The second-order valence-corrected chi connectivity index (χ2v) is 8.80. The van der Waals surface area contributed by atoms with Gasteiger partial charge >= 0.3 is 0 Å².